The van der Waals surface area contributed by atoms with Crippen LogP contribution in [0.5, 0.6) is 0 Å². The van der Waals surface area contributed by atoms with Gasteiger partial charge in [0.1, 0.15) is 0 Å². The average Bonchev–Trinajstić information content (AvgIpc) is 2.72. The SMILES string of the molecule is Cc1cc(=O)c(C(=O)OC(C)C(=O)C23CC4CC(CC(C4)C2)C3)nn1-c1ccccc1. The Morgan fingerprint density at radius 1 is 1.06 bits per heavy atom. The lowest BCUT2D eigenvalue weighted by Gasteiger charge is -2.56. The van der Waals surface area contributed by atoms with Gasteiger partial charge in [0.25, 0.3) is 0 Å². The zero-order valence-corrected chi connectivity index (χ0v) is 18.0. The molecule has 1 aromatic heterocycles. The first-order valence-electron chi connectivity index (χ1n) is 11.3. The summed E-state index contributed by atoms with van der Waals surface area (Å²) in [6, 6.07) is 10.7. The second kappa shape index (κ2) is 7.43. The van der Waals surface area contributed by atoms with Gasteiger partial charge in [-0.1, -0.05) is 18.2 Å². The van der Waals surface area contributed by atoms with Gasteiger partial charge in [-0.3, -0.25) is 9.59 Å². The molecular weight excluding hydrogens is 392 g/mol. The van der Waals surface area contributed by atoms with Crippen molar-refractivity contribution in [3.63, 3.8) is 0 Å². The number of Topliss-reactive ketones (excluding diaryl/α,β-unsaturated/α-hetero) is 1. The summed E-state index contributed by atoms with van der Waals surface area (Å²) in [6.45, 7) is 3.40. The number of rotatable bonds is 5. The van der Waals surface area contributed by atoms with Gasteiger partial charge < -0.3 is 4.74 Å². The summed E-state index contributed by atoms with van der Waals surface area (Å²) < 4.78 is 7.08. The zero-order chi connectivity index (χ0) is 21.8. The predicted octanol–water partition coefficient (Wildman–Crippen LogP) is 3.87. The number of nitrogens with zero attached hydrogens (tertiary/aromatic N) is 2. The topological polar surface area (TPSA) is 78.3 Å². The molecule has 0 aliphatic heterocycles. The van der Waals surface area contributed by atoms with E-state index < -0.39 is 17.5 Å². The van der Waals surface area contributed by atoms with E-state index in [1.165, 1.54) is 25.3 Å². The Balaban J connectivity index is 1.37. The third-order valence-electron chi connectivity index (χ3n) is 7.52. The van der Waals surface area contributed by atoms with E-state index in [0.717, 1.165) is 24.9 Å². The van der Waals surface area contributed by atoms with Crippen LogP contribution in [0, 0.1) is 30.1 Å². The molecule has 4 aliphatic rings. The van der Waals surface area contributed by atoms with Gasteiger partial charge in [-0.25, -0.2) is 9.48 Å². The van der Waals surface area contributed by atoms with Crippen molar-refractivity contribution < 1.29 is 14.3 Å². The lowest BCUT2D eigenvalue weighted by molar-refractivity contribution is -0.152. The molecule has 2 aromatic rings. The van der Waals surface area contributed by atoms with E-state index in [1.807, 2.05) is 30.3 Å². The number of hydrogen-bond donors (Lipinski definition) is 0. The molecule has 4 saturated carbocycles. The first-order chi connectivity index (χ1) is 14.8. The number of carbonyl (C=O) groups is 2. The monoisotopic (exact) mass is 420 g/mol. The van der Waals surface area contributed by atoms with E-state index in [-0.39, 0.29) is 16.9 Å². The molecule has 1 unspecified atom stereocenters. The van der Waals surface area contributed by atoms with Gasteiger partial charge in [0.15, 0.2) is 11.9 Å². The van der Waals surface area contributed by atoms with E-state index in [2.05, 4.69) is 5.10 Å². The van der Waals surface area contributed by atoms with E-state index in [9.17, 15) is 14.4 Å². The summed E-state index contributed by atoms with van der Waals surface area (Å²) in [6.07, 6.45) is 5.61. The molecular formula is C25H28N2O4. The van der Waals surface area contributed by atoms with Crippen molar-refractivity contribution >= 4 is 11.8 Å². The molecule has 1 heterocycles. The van der Waals surface area contributed by atoms with Crippen LogP contribution in [-0.4, -0.2) is 27.6 Å². The second-order valence-electron chi connectivity index (χ2n) is 9.86. The van der Waals surface area contributed by atoms with Crippen molar-refractivity contribution in [1.29, 1.82) is 0 Å². The van der Waals surface area contributed by atoms with Crippen LogP contribution in [0.3, 0.4) is 0 Å². The minimum Gasteiger partial charge on any atom is -0.450 e. The molecule has 0 radical (unpaired) electrons. The maximum atomic E-state index is 13.4. The van der Waals surface area contributed by atoms with Gasteiger partial charge in [0, 0.05) is 17.2 Å². The number of hydrogen-bond acceptors (Lipinski definition) is 5. The molecule has 31 heavy (non-hydrogen) atoms. The first kappa shape index (κ1) is 20.2. The number of esters is 1. The van der Waals surface area contributed by atoms with Crippen LogP contribution in [0.15, 0.2) is 41.2 Å². The first-order valence-corrected chi connectivity index (χ1v) is 11.3. The number of ketones is 1. The van der Waals surface area contributed by atoms with Crippen LogP contribution in [0.1, 0.15) is 61.6 Å². The van der Waals surface area contributed by atoms with Crippen molar-refractivity contribution in [3.05, 3.63) is 58.0 Å². The maximum Gasteiger partial charge on any atom is 0.363 e. The minimum atomic E-state index is -0.878. The van der Waals surface area contributed by atoms with Gasteiger partial charge in [0.05, 0.1) is 5.69 Å². The fourth-order valence-electron chi connectivity index (χ4n) is 6.63. The third kappa shape index (κ3) is 3.52. The number of benzene rings is 1. The molecule has 6 rings (SSSR count). The molecule has 0 saturated heterocycles. The fourth-order valence-corrected chi connectivity index (χ4v) is 6.63. The van der Waals surface area contributed by atoms with Gasteiger partial charge in [-0.15, -0.1) is 0 Å². The molecule has 0 amide bonds. The smallest absolute Gasteiger partial charge is 0.363 e. The van der Waals surface area contributed by atoms with Gasteiger partial charge >= 0.3 is 5.97 Å². The molecule has 4 bridgehead atoms. The number of aromatic nitrogens is 2. The van der Waals surface area contributed by atoms with Gasteiger partial charge in [0.2, 0.25) is 11.1 Å². The number of ether oxygens (including phenoxy) is 1. The fraction of sp³-hybridized carbons (Fsp3) is 0.520. The standard InChI is InChI=1S/C25H28N2O4/c1-15-8-21(28)22(26-27(15)20-6-4-3-5-7-20)24(30)31-16(2)23(29)25-12-17-9-18(13-25)11-19(10-17)14-25/h3-8,16-19H,9-14H2,1-2H3. The van der Waals surface area contributed by atoms with Crippen LogP contribution in [0.25, 0.3) is 5.69 Å². The second-order valence-corrected chi connectivity index (χ2v) is 9.86. The minimum absolute atomic E-state index is 0.0236. The highest BCUT2D eigenvalue weighted by Gasteiger charge is 2.55. The van der Waals surface area contributed by atoms with Crippen molar-refractivity contribution in [2.75, 3.05) is 0 Å². The summed E-state index contributed by atoms with van der Waals surface area (Å²) >= 11 is 0. The molecule has 4 aliphatic carbocycles. The molecule has 1 aromatic carbocycles. The summed E-state index contributed by atoms with van der Waals surface area (Å²) in [5, 5.41) is 4.27. The molecule has 6 heteroatoms. The quantitative estimate of drug-likeness (QED) is 0.686. The zero-order valence-electron chi connectivity index (χ0n) is 18.0. The van der Waals surface area contributed by atoms with E-state index >= 15 is 0 Å². The van der Waals surface area contributed by atoms with Crippen LogP contribution in [0.2, 0.25) is 0 Å². The summed E-state index contributed by atoms with van der Waals surface area (Å²) in [5.41, 5.74) is 0.222. The van der Waals surface area contributed by atoms with Gasteiger partial charge in [-0.05, 0) is 82.3 Å². The Morgan fingerprint density at radius 3 is 2.23 bits per heavy atom. The summed E-state index contributed by atoms with van der Waals surface area (Å²) in [5.74, 6) is 1.09. The van der Waals surface area contributed by atoms with Crippen LogP contribution >= 0.6 is 0 Å². The predicted molar refractivity (Wildman–Crippen MR) is 115 cm³/mol. The van der Waals surface area contributed by atoms with E-state index in [1.54, 1.807) is 18.5 Å². The van der Waals surface area contributed by atoms with Crippen molar-refractivity contribution in [3.8, 4) is 5.69 Å². The van der Waals surface area contributed by atoms with Crippen molar-refractivity contribution in [1.82, 2.24) is 9.78 Å². The maximum absolute atomic E-state index is 13.4. The van der Waals surface area contributed by atoms with Crippen molar-refractivity contribution in [2.24, 2.45) is 23.2 Å². The summed E-state index contributed by atoms with van der Waals surface area (Å²) in [4.78, 5) is 38.7. The molecule has 0 spiro atoms. The molecule has 4 fully saturated rings. The number of carbonyl (C=O) groups excluding carboxylic acids is 2. The Kier molecular flexibility index (Phi) is 4.83. The lowest BCUT2D eigenvalue weighted by atomic mass is 9.48. The Labute approximate surface area is 181 Å². The summed E-state index contributed by atoms with van der Waals surface area (Å²) in [7, 11) is 0. The van der Waals surface area contributed by atoms with Crippen molar-refractivity contribution in [2.45, 2.75) is 58.5 Å². The lowest BCUT2D eigenvalue weighted by Crippen LogP contribution is -2.52. The van der Waals surface area contributed by atoms with Crippen LogP contribution in [0.4, 0.5) is 0 Å². The molecule has 0 N–H and O–H groups in total. The Hall–Kier alpha value is -2.76. The Morgan fingerprint density at radius 2 is 1.65 bits per heavy atom. The normalized spacial score (nSPS) is 29.5. The highest BCUT2D eigenvalue weighted by atomic mass is 16.5. The molecule has 1 atom stereocenters. The number of para-hydroxylation sites is 1. The highest BCUT2D eigenvalue weighted by Crippen LogP contribution is 2.60. The van der Waals surface area contributed by atoms with Crippen LogP contribution in [-0.2, 0) is 9.53 Å². The van der Waals surface area contributed by atoms with Gasteiger partial charge in [-0.2, -0.15) is 5.10 Å². The Bertz CT molecular complexity index is 1050. The molecule has 6 nitrogen and oxygen atoms in total. The number of aryl methyl sites for hydroxylation is 1. The van der Waals surface area contributed by atoms with Crippen LogP contribution < -0.4 is 5.43 Å². The largest absolute Gasteiger partial charge is 0.450 e. The van der Waals surface area contributed by atoms with E-state index in [0.29, 0.717) is 23.4 Å². The third-order valence-corrected chi connectivity index (χ3v) is 7.52. The highest BCUT2D eigenvalue weighted by molar-refractivity contribution is 5.93. The average molecular weight is 421 g/mol. The van der Waals surface area contributed by atoms with E-state index in [4.69, 9.17) is 4.74 Å². The molecule has 162 valence electrons.